The minimum absolute atomic E-state index is 0.0197. The number of carbonyl (C=O) groups is 2. The summed E-state index contributed by atoms with van der Waals surface area (Å²) in [5.41, 5.74) is 0.410. The summed E-state index contributed by atoms with van der Waals surface area (Å²) in [6, 6.07) is 9.37. The Bertz CT molecular complexity index is 824. The fourth-order valence-electron chi connectivity index (χ4n) is 1.86. The Balaban J connectivity index is 1.94. The lowest BCUT2D eigenvalue weighted by molar-refractivity contribution is -0.148. The molecule has 1 atom stereocenters. The number of halogens is 3. The lowest BCUT2D eigenvalue weighted by Crippen LogP contribution is -2.29. The van der Waals surface area contributed by atoms with Crippen LogP contribution >= 0.6 is 11.6 Å². The van der Waals surface area contributed by atoms with Gasteiger partial charge in [0, 0.05) is 11.6 Å². The molecular formula is C18H14ClF2NO3. The molecule has 2 aromatic rings. The molecule has 0 aliphatic heterocycles. The predicted octanol–water partition coefficient (Wildman–Crippen LogP) is 4.20. The van der Waals surface area contributed by atoms with Crippen LogP contribution in [0.3, 0.4) is 0 Å². The second-order valence-electron chi connectivity index (χ2n) is 5.05. The van der Waals surface area contributed by atoms with Crippen molar-refractivity contribution in [3.05, 3.63) is 70.8 Å². The maximum absolute atomic E-state index is 13.4. The maximum Gasteiger partial charge on any atom is 0.331 e. The maximum atomic E-state index is 13.4. The molecule has 0 aliphatic carbocycles. The number of carbonyl (C=O) groups excluding carboxylic acids is 2. The quantitative estimate of drug-likeness (QED) is 0.638. The van der Waals surface area contributed by atoms with Gasteiger partial charge in [-0.1, -0.05) is 29.8 Å². The number of hydrogen-bond acceptors (Lipinski definition) is 3. The number of amides is 1. The zero-order chi connectivity index (χ0) is 18.4. The Labute approximate surface area is 148 Å². The minimum Gasteiger partial charge on any atom is -0.449 e. The highest BCUT2D eigenvalue weighted by molar-refractivity contribution is 6.33. The number of ether oxygens (including phenoxy) is 1. The normalized spacial score (nSPS) is 12.0. The van der Waals surface area contributed by atoms with Crippen LogP contribution in [0.15, 0.2) is 48.5 Å². The summed E-state index contributed by atoms with van der Waals surface area (Å²) in [4.78, 5) is 23.7. The second kappa shape index (κ2) is 8.39. The average Bonchev–Trinajstić information content (AvgIpc) is 2.56. The second-order valence-corrected chi connectivity index (χ2v) is 5.45. The third kappa shape index (κ3) is 5.39. The molecule has 0 spiro atoms. The Hall–Kier alpha value is -2.73. The molecule has 2 rings (SSSR count). The van der Waals surface area contributed by atoms with Crippen LogP contribution in [0.2, 0.25) is 5.02 Å². The lowest BCUT2D eigenvalue weighted by atomic mass is 10.2. The Morgan fingerprint density at radius 3 is 2.60 bits per heavy atom. The highest BCUT2D eigenvalue weighted by atomic mass is 35.5. The van der Waals surface area contributed by atoms with Crippen molar-refractivity contribution in [1.82, 2.24) is 0 Å². The summed E-state index contributed by atoms with van der Waals surface area (Å²) >= 11 is 5.81. The number of anilines is 1. The van der Waals surface area contributed by atoms with E-state index < -0.39 is 29.6 Å². The number of esters is 1. The van der Waals surface area contributed by atoms with Crippen LogP contribution in [-0.4, -0.2) is 18.0 Å². The van der Waals surface area contributed by atoms with E-state index in [1.54, 1.807) is 6.07 Å². The molecule has 7 heteroatoms. The Morgan fingerprint density at radius 1 is 1.20 bits per heavy atom. The SMILES string of the molecule is CC(OC(=O)/C=C/c1ccccc1F)C(=O)Nc1ccc(F)cc1Cl. The van der Waals surface area contributed by atoms with E-state index in [9.17, 15) is 18.4 Å². The molecule has 0 aliphatic rings. The van der Waals surface area contributed by atoms with Crippen molar-refractivity contribution in [2.45, 2.75) is 13.0 Å². The summed E-state index contributed by atoms with van der Waals surface area (Å²) in [5, 5.41) is 2.45. The third-order valence-corrected chi connectivity index (χ3v) is 3.47. The van der Waals surface area contributed by atoms with Crippen LogP contribution in [0.4, 0.5) is 14.5 Å². The molecule has 0 aromatic heterocycles. The van der Waals surface area contributed by atoms with Gasteiger partial charge in [-0.2, -0.15) is 0 Å². The van der Waals surface area contributed by atoms with Crippen molar-refractivity contribution in [2.75, 3.05) is 5.32 Å². The van der Waals surface area contributed by atoms with Crippen molar-refractivity contribution >= 4 is 35.2 Å². The molecule has 0 bridgehead atoms. The number of benzene rings is 2. The molecule has 2 aromatic carbocycles. The Morgan fingerprint density at radius 2 is 1.92 bits per heavy atom. The fraction of sp³-hybridized carbons (Fsp3) is 0.111. The zero-order valence-corrected chi connectivity index (χ0v) is 13.9. The molecule has 4 nitrogen and oxygen atoms in total. The van der Waals surface area contributed by atoms with Gasteiger partial charge >= 0.3 is 5.97 Å². The van der Waals surface area contributed by atoms with Crippen LogP contribution in [0.25, 0.3) is 6.08 Å². The molecule has 25 heavy (non-hydrogen) atoms. The van der Waals surface area contributed by atoms with E-state index in [1.165, 1.54) is 37.3 Å². The standard InChI is InChI=1S/C18H14ClF2NO3/c1-11(18(24)22-16-8-7-13(20)10-14(16)19)25-17(23)9-6-12-4-2-3-5-15(12)21/h2-11H,1H3,(H,22,24)/b9-6+. The van der Waals surface area contributed by atoms with Gasteiger partial charge in [0.05, 0.1) is 10.7 Å². The first-order valence-corrected chi connectivity index (χ1v) is 7.64. The molecule has 0 fully saturated rings. The van der Waals surface area contributed by atoms with Gasteiger partial charge in [0.2, 0.25) is 0 Å². The summed E-state index contributed by atoms with van der Waals surface area (Å²) < 4.78 is 31.3. The van der Waals surface area contributed by atoms with E-state index >= 15 is 0 Å². The largest absolute Gasteiger partial charge is 0.449 e. The van der Waals surface area contributed by atoms with E-state index in [0.717, 1.165) is 18.2 Å². The monoisotopic (exact) mass is 365 g/mol. The molecule has 0 saturated carbocycles. The molecular weight excluding hydrogens is 352 g/mol. The van der Waals surface area contributed by atoms with Gasteiger partial charge in [0.25, 0.3) is 5.91 Å². The number of hydrogen-bond donors (Lipinski definition) is 1. The molecule has 0 heterocycles. The third-order valence-electron chi connectivity index (χ3n) is 3.16. The lowest BCUT2D eigenvalue weighted by Gasteiger charge is -2.13. The number of rotatable bonds is 5. The smallest absolute Gasteiger partial charge is 0.331 e. The van der Waals surface area contributed by atoms with Gasteiger partial charge in [0.15, 0.2) is 6.10 Å². The van der Waals surface area contributed by atoms with Crippen molar-refractivity contribution in [3.63, 3.8) is 0 Å². The van der Waals surface area contributed by atoms with Crippen LogP contribution in [0.1, 0.15) is 12.5 Å². The predicted molar refractivity (Wildman–Crippen MR) is 91.0 cm³/mol. The summed E-state index contributed by atoms with van der Waals surface area (Å²) in [7, 11) is 0. The highest BCUT2D eigenvalue weighted by Crippen LogP contribution is 2.22. The van der Waals surface area contributed by atoms with E-state index in [2.05, 4.69) is 5.32 Å². The van der Waals surface area contributed by atoms with Gasteiger partial charge < -0.3 is 10.1 Å². The van der Waals surface area contributed by atoms with Crippen molar-refractivity contribution in [3.8, 4) is 0 Å². The average molecular weight is 366 g/mol. The molecule has 0 radical (unpaired) electrons. The van der Waals surface area contributed by atoms with Gasteiger partial charge in [-0.25, -0.2) is 13.6 Å². The molecule has 1 amide bonds. The topological polar surface area (TPSA) is 55.4 Å². The summed E-state index contributed by atoms with van der Waals surface area (Å²) in [5.74, 6) is -2.47. The van der Waals surface area contributed by atoms with Gasteiger partial charge in [-0.3, -0.25) is 4.79 Å². The summed E-state index contributed by atoms with van der Waals surface area (Å²) in [6.45, 7) is 1.36. The van der Waals surface area contributed by atoms with E-state index in [1.807, 2.05) is 0 Å². The van der Waals surface area contributed by atoms with Crippen molar-refractivity contribution in [1.29, 1.82) is 0 Å². The highest BCUT2D eigenvalue weighted by Gasteiger charge is 2.18. The van der Waals surface area contributed by atoms with Crippen LogP contribution in [0.5, 0.6) is 0 Å². The van der Waals surface area contributed by atoms with Crippen molar-refractivity contribution in [2.24, 2.45) is 0 Å². The van der Waals surface area contributed by atoms with Gasteiger partial charge in [-0.15, -0.1) is 0 Å². The molecule has 130 valence electrons. The molecule has 1 N–H and O–H groups in total. The Kier molecular flexibility index (Phi) is 6.25. The van der Waals surface area contributed by atoms with Crippen LogP contribution in [0, 0.1) is 11.6 Å². The first kappa shape index (κ1) is 18.6. The first-order valence-electron chi connectivity index (χ1n) is 7.26. The zero-order valence-electron chi connectivity index (χ0n) is 13.1. The molecule has 0 saturated heterocycles. The van der Waals surface area contributed by atoms with Crippen molar-refractivity contribution < 1.29 is 23.1 Å². The van der Waals surface area contributed by atoms with Gasteiger partial charge in [-0.05, 0) is 37.3 Å². The summed E-state index contributed by atoms with van der Waals surface area (Å²) in [6.07, 6.45) is 1.14. The first-order chi connectivity index (χ1) is 11.9. The molecule has 1 unspecified atom stereocenters. The van der Waals surface area contributed by atoms with E-state index in [0.29, 0.717) is 0 Å². The van der Waals surface area contributed by atoms with E-state index in [-0.39, 0.29) is 16.3 Å². The van der Waals surface area contributed by atoms with Crippen LogP contribution in [-0.2, 0) is 14.3 Å². The van der Waals surface area contributed by atoms with Gasteiger partial charge in [0.1, 0.15) is 11.6 Å². The minimum atomic E-state index is -1.13. The van der Waals surface area contributed by atoms with E-state index in [4.69, 9.17) is 16.3 Å². The number of nitrogens with one attached hydrogen (secondary N) is 1. The van der Waals surface area contributed by atoms with Crippen LogP contribution < -0.4 is 5.32 Å². The fourth-order valence-corrected chi connectivity index (χ4v) is 2.07.